The summed E-state index contributed by atoms with van der Waals surface area (Å²) in [6.45, 7) is 13.4. The third-order valence-corrected chi connectivity index (χ3v) is 12.4. The number of halogens is 3. The lowest BCUT2D eigenvalue weighted by atomic mass is 9.87. The molecule has 0 radical (unpaired) electrons. The first-order valence-electron chi connectivity index (χ1n) is 22.7. The van der Waals surface area contributed by atoms with Gasteiger partial charge in [-0.15, -0.1) is 0 Å². The van der Waals surface area contributed by atoms with Crippen LogP contribution in [0.15, 0.2) is 48.5 Å². The number of nitrogens with one attached hydrogen (secondary N) is 3. The van der Waals surface area contributed by atoms with Crippen LogP contribution in [0.5, 0.6) is 0 Å². The number of benzene rings is 2. The quantitative estimate of drug-likeness (QED) is 0.157. The number of carbonyl (C=O) groups is 3. The van der Waals surface area contributed by atoms with E-state index >= 15 is 0 Å². The van der Waals surface area contributed by atoms with Crippen LogP contribution >= 0.6 is 0 Å². The molecule has 3 N–H and O–H groups in total. The summed E-state index contributed by atoms with van der Waals surface area (Å²) in [5, 5.41) is 9.29. The number of hydrogen-bond acceptors (Lipinski definition) is 13. The van der Waals surface area contributed by atoms with Gasteiger partial charge in [-0.25, -0.2) is 34.3 Å². The number of anilines is 4. The normalized spacial score (nSPS) is 18.4. The van der Waals surface area contributed by atoms with E-state index in [2.05, 4.69) is 32.7 Å². The van der Waals surface area contributed by atoms with Gasteiger partial charge in [-0.1, -0.05) is 0 Å². The second-order valence-corrected chi connectivity index (χ2v) is 17.4. The number of carbonyl (C=O) groups excluding carboxylic acids is 3. The molecule has 5 amide bonds. The predicted octanol–water partition coefficient (Wildman–Crippen LogP) is 6.42. The van der Waals surface area contributed by atoms with Crippen LogP contribution < -0.4 is 25.8 Å². The van der Waals surface area contributed by atoms with E-state index in [4.69, 9.17) is 34.2 Å². The second kappa shape index (κ2) is 19.9. The molecule has 358 valence electrons. The van der Waals surface area contributed by atoms with Gasteiger partial charge < -0.3 is 40.1 Å². The van der Waals surface area contributed by atoms with Crippen molar-refractivity contribution < 1.29 is 41.9 Å². The van der Waals surface area contributed by atoms with Gasteiger partial charge in [0.15, 0.2) is 11.6 Å². The minimum Gasteiger partial charge on any atom is -0.378 e. The topological polar surface area (TPSA) is 183 Å². The molecule has 1 unspecified atom stereocenters. The van der Waals surface area contributed by atoms with E-state index in [1.807, 2.05) is 32.9 Å². The fraction of sp³-hybridized carbons (Fsp3) is 0.500. The van der Waals surface area contributed by atoms with Gasteiger partial charge >= 0.3 is 24.3 Å². The number of ether oxygens (including phenoxy) is 2. The number of hydroxylamine groups is 2. The lowest BCUT2D eigenvalue weighted by Gasteiger charge is -2.44. The monoisotopic (exact) mass is 930 g/mol. The zero-order chi connectivity index (χ0) is 47.5. The van der Waals surface area contributed by atoms with Crippen molar-refractivity contribution in [1.82, 2.24) is 40.1 Å². The van der Waals surface area contributed by atoms with Gasteiger partial charge in [0, 0.05) is 79.4 Å². The first kappa shape index (κ1) is 47.2. The maximum Gasteiger partial charge on any atom is 0.435 e. The first-order chi connectivity index (χ1) is 32.1. The maximum absolute atomic E-state index is 14.1. The molecular weight excluding hydrogens is 874 g/mol. The van der Waals surface area contributed by atoms with Gasteiger partial charge in [0.2, 0.25) is 0 Å². The number of alkyl halides is 3. The van der Waals surface area contributed by atoms with Crippen molar-refractivity contribution in [2.45, 2.75) is 71.8 Å². The van der Waals surface area contributed by atoms with Crippen LogP contribution in [0.4, 0.5) is 50.6 Å². The van der Waals surface area contributed by atoms with Crippen molar-refractivity contribution in [3.05, 3.63) is 71.0 Å². The van der Waals surface area contributed by atoms with Crippen molar-refractivity contribution in [2.24, 2.45) is 0 Å². The number of amides is 5. The van der Waals surface area contributed by atoms with E-state index in [-0.39, 0.29) is 38.3 Å². The molecule has 8 rings (SSSR count). The molecule has 21 heteroatoms. The zero-order valence-corrected chi connectivity index (χ0v) is 38.4. The third kappa shape index (κ3) is 10.6. The summed E-state index contributed by atoms with van der Waals surface area (Å²) in [4.78, 5) is 72.9. The minimum absolute atomic E-state index is 0.0365. The molecule has 18 nitrogen and oxygen atoms in total. The lowest BCUT2D eigenvalue weighted by molar-refractivity contribution is -0.147. The van der Waals surface area contributed by atoms with Crippen LogP contribution in [0.1, 0.15) is 57.1 Å². The smallest absolute Gasteiger partial charge is 0.378 e. The summed E-state index contributed by atoms with van der Waals surface area (Å²) in [5.74, 6) is 2.27. The molecule has 0 bridgehead atoms. The number of urea groups is 2. The molecule has 2 aromatic heterocycles. The molecule has 0 aliphatic carbocycles. The molecule has 4 aromatic rings. The molecule has 0 spiro atoms. The van der Waals surface area contributed by atoms with Crippen molar-refractivity contribution in [3.8, 4) is 22.8 Å². The van der Waals surface area contributed by atoms with Gasteiger partial charge in [0.05, 0.1) is 62.5 Å². The number of aromatic nitrogens is 4. The van der Waals surface area contributed by atoms with Crippen LogP contribution in [0.25, 0.3) is 22.8 Å². The summed E-state index contributed by atoms with van der Waals surface area (Å²) >= 11 is 0. The average molecular weight is 931 g/mol. The van der Waals surface area contributed by atoms with Crippen molar-refractivity contribution in [2.75, 3.05) is 99.2 Å². The highest BCUT2D eigenvalue weighted by Gasteiger charge is 2.44. The van der Waals surface area contributed by atoms with Crippen LogP contribution in [-0.4, -0.2) is 144 Å². The standard InChI is InChI=1S/C46H57F3N12O6/c1-6-50-42(62)51-32-12-8-31(9-13-32)39-54-37-35(41(56-39)59-22-25-66-27-29(59)3)17-19-60(45(37,4)5)44(64)67-61(7-2)43(63)52-33-14-10-30(11-15-33)38-53-36-26-57(28-46(47,48)49)18-16-34(36)40(55-38)58-20-23-65-24-21-58/h8-15,29H,6-7,16-28H2,1-5H3,(H,52,63)(H2,50,51,62). The highest BCUT2D eigenvalue weighted by atomic mass is 19.4. The van der Waals surface area contributed by atoms with Crippen molar-refractivity contribution in [3.63, 3.8) is 0 Å². The van der Waals surface area contributed by atoms with E-state index in [0.717, 1.165) is 22.0 Å². The van der Waals surface area contributed by atoms with Crippen LogP contribution in [0, 0.1) is 0 Å². The Bertz CT molecular complexity index is 2440. The zero-order valence-electron chi connectivity index (χ0n) is 38.4. The summed E-state index contributed by atoms with van der Waals surface area (Å²) in [7, 11) is 0. The SMILES string of the molecule is CCNC(=O)Nc1ccc(-c2nc(N3CCOCC3C)c3c(n2)C(C)(C)N(C(=O)ON(CC)C(=O)Nc2ccc(-c4nc5c(c(N6CCOCC6)n4)CCN(CC(F)(F)F)C5)cc2)CC3)cc1. The number of morpholine rings is 2. The molecule has 4 aliphatic heterocycles. The largest absolute Gasteiger partial charge is 0.435 e. The summed E-state index contributed by atoms with van der Waals surface area (Å²) in [6.07, 6.45) is -4.24. The minimum atomic E-state index is -4.33. The van der Waals surface area contributed by atoms with Crippen LogP contribution in [0.3, 0.4) is 0 Å². The fourth-order valence-corrected chi connectivity index (χ4v) is 8.91. The van der Waals surface area contributed by atoms with E-state index in [0.29, 0.717) is 117 Å². The molecular formula is C46H57F3N12O6. The number of nitrogens with zero attached hydrogens (tertiary/aromatic N) is 9. The molecule has 2 fully saturated rings. The van der Waals surface area contributed by atoms with Gasteiger partial charge in [-0.05, 0) is 96.0 Å². The predicted molar refractivity (Wildman–Crippen MR) is 245 cm³/mol. The van der Waals surface area contributed by atoms with E-state index in [1.165, 1.54) is 4.90 Å². The molecule has 0 saturated carbocycles. The summed E-state index contributed by atoms with van der Waals surface area (Å²) in [5.41, 5.74) is 4.29. The molecule has 6 heterocycles. The highest BCUT2D eigenvalue weighted by molar-refractivity contribution is 5.90. The molecule has 1 atom stereocenters. The Morgan fingerprint density at radius 2 is 1.43 bits per heavy atom. The Hall–Kier alpha value is -6.32. The maximum atomic E-state index is 14.1. The Morgan fingerprint density at radius 3 is 2.07 bits per heavy atom. The Kier molecular flexibility index (Phi) is 14.0. The molecule has 67 heavy (non-hydrogen) atoms. The van der Waals surface area contributed by atoms with Crippen LogP contribution in [-0.2, 0) is 39.2 Å². The number of rotatable bonds is 9. The highest BCUT2D eigenvalue weighted by Crippen LogP contribution is 2.40. The average Bonchev–Trinajstić information content (AvgIpc) is 3.30. The number of fused-ring (bicyclic) bond motifs is 2. The fourth-order valence-electron chi connectivity index (χ4n) is 8.91. The van der Waals surface area contributed by atoms with E-state index in [1.54, 1.807) is 48.2 Å². The van der Waals surface area contributed by atoms with Gasteiger partial charge in [0.25, 0.3) is 0 Å². The van der Waals surface area contributed by atoms with Gasteiger partial charge in [-0.3, -0.25) is 9.80 Å². The van der Waals surface area contributed by atoms with Crippen molar-refractivity contribution >= 4 is 41.2 Å². The second-order valence-electron chi connectivity index (χ2n) is 17.4. The number of hydrogen-bond donors (Lipinski definition) is 3. The van der Waals surface area contributed by atoms with Crippen molar-refractivity contribution in [1.29, 1.82) is 0 Å². The first-order valence-corrected chi connectivity index (χ1v) is 22.7. The third-order valence-electron chi connectivity index (χ3n) is 12.4. The Balaban J connectivity index is 0.986. The van der Waals surface area contributed by atoms with E-state index < -0.39 is 30.4 Å². The summed E-state index contributed by atoms with van der Waals surface area (Å²) in [6, 6.07) is 13.1. The lowest BCUT2D eigenvalue weighted by Crippen LogP contribution is -2.53. The molecule has 2 aromatic carbocycles. The molecule has 2 saturated heterocycles. The van der Waals surface area contributed by atoms with E-state index in [9.17, 15) is 27.6 Å². The summed E-state index contributed by atoms with van der Waals surface area (Å²) < 4.78 is 51.4. The van der Waals surface area contributed by atoms with Gasteiger partial charge in [-0.2, -0.15) is 18.2 Å². The Morgan fingerprint density at radius 1 is 0.806 bits per heavy atom. The Labute approximate surface area is 387 Å². The van der Waals surface area contributed by atoms with Crippen LogP contribution in [0.2, 0.25) is 0 Å². The molecule has 4 aliphatic rings. The van der Waals surface area contributed by atoms with Gasteiger partial charge in [0.1, 0.15) is 11.6 Å².